The van der Waals surface area contributed by atoms with Crippen LogP contribution < -0.4 is 0 Å². The second kappa shape index (κ2) is 4.74. The van der Waals surface area contributed by atoms with Gasteiger partial charge in [-0.2, -0.15) is 0 Å². The molecule has 5 heteroatoms. The van der Waals surface area contributed by atoms with E-state index in [9.17, 15) is 13.9 Å². The number of halogens is 3. The molecule has 0 saturated heterocycles. The lowest BCUT2D eigenvalue weighted by atomic mass is 9.89. The van der Waals surface area contributed by atoms with E-state index in [1.165, 1.54) is 25.3 Å². The molecular formula is C13H10BrF2NO. The highest BCUT2D eigenvalue weighted by Crippen LogP contribution is 2.33. The first-order valence-electron chi connectivity index (χ1n) is 5.21. The zero-order valence-corrected chi connectivity index (χ0v) is 11.1. The molecule has 18 heavy (non-hydrogen) atoms. The fraction of sp³-hybridized carbons (Fsp3) is 0.154. The van der Waals surface area contributed by atoms with Crippen molar-refractivity contribution in [2.45, 2.75) is 12.5 Å². The summed E-state index contributed by atoms with van der Waals surface area (Å²) >= 11 is 3.05. The van der Waals surface area contributed by atoms with E-state index in [1.54, 1.807) is 6.07 Å². The topological polar surface area (TPSA) is 33.1 Å². The molecule has 1 aromatic carbocycles. The quantitative estimate of drug-likeness (QED) is 0.922. The normalized spacial score (nSPS) is 14.3. The van der Waals surface area contributed by atoms with Gasteiger partial charge in [-0.1, -0.05) is 12.1 Å². The Morgan fingerprint density at radius 3 is 2.67 bits per heavy atom. The van der Waals surface area contributed by atoms with Crippen molar-refractivity contribution < 1.29 is 13.9 Å². The van der Waals surface area contributed by atoms with E-state index >= 15 is 0 Å². The Hall–Kier alpha value is -1.33. The third kappa shape index (κ3) is 2.28. The molecule has 2 nitrogen and oxygen atoms in total. The second-order valence-electron chi connectivity index (χ2n) is 4.07. The molecule has 1 heterocycles. The molecule has 0 radical (unpaired) electrons. The molecule has 2 aromatic rings. The average molecular weight is 314 g/mol. The van der Waals surface area contributed by atoms with Gasteiger partial charge in [0.15, 0.2) is 0 Å². The number of benzene rings is 1. The van der Waals surface area contributed by atoms with E-state index in [0.717, 1.165) is 12.3 Å². The summed E-state index contributed by atoms with van der Waals surface area (Å²) in [5.41, 5.74) is -1.40. The van der Waals surface area contributed by atoms with Gasteiger partial charge in [0.2, 0.25) is 0 Å². The molecule has 0 aliphatic carbocycles. The summed E-state index contributed by atoms with van der Waals surface area (Å²) in [5, 5.41) is 10.4. The van der Waals surface area contributed by atoms with Gasteiger partial charge in [0.25, 0.3) is 0 Å². The van der Waals surface area contributed by atoms with Crippen molar-refractivity contribution >= 4 is 15.9 Å². The van der Waals surface area contributed by atoms with Crippen molar-refractivity contribution in [1.29, 1.82) is 0 Å². The van der Waals surface area contributed by atoms with Crippen molar-refractivity contribution in [2.75, 3.05) is 0 Å². The highest BCUT2D eigenvalue weighted by atomic mass is 79.9. The predicted molar refractivity (Wildman–Crippen MR) is 67.0 cm³/mol. The number of hydrogen-bond acceptors (Lipinski definition) is 2. The number of rotatable bonds is 2. The average Bonchev–Trinajstić information content (AvgIpc) is 2.32. The van der Waals surface area contributed by atoms with Gasteiger partial charge in [-0.05, 0) is 35.0 Å². The van der Waals surface area contributed by atoms with Crippen LogP contribution in [0.2, 0.25) is 0 Å². The minimum atomic E-state index is -1.65. The lowest BCUT2D eigenvalue weighted by Gasteiger charge is -2.24. The molecule has 0 fully saturated rings. The molecule has 0 amide bonds. The number of hydrogen-bond donors (Lipinski definition) is 1. The van der Waals surface area contributed by atoms with E-state index in [0.29, 0.717) is 0 Å². The van der Waals surface area contributed by atoms with Crippen LogP contribution in [-0.4, -0.2) is 10.1 Å². The van der Waals surface area contributed by atoms with Gasteiger partial charge in [0.05, 0.1) is 10.7 Å². The van der Waals surface area contributed by atoms with Crippen LogP contribution in [0.5, 0.6) is 0 Å². The van der Waals surface area contributed by atoms with Crippen LogP contribution in [-0.2, 0) is 5.60 Å². The molecule has 1 atom stereocenters. The van der Waals surface area contributed by atoms with Crippen LogP contribution in [0, 0.1) is 11.6 Å². The molecule has 1 unspecified atom stereocenters. The first-order valence-corrected chi connectivity index (χ1v) is 6.00. The fourth-order valence-electron chi connectivity index (χ4n) is 1.71. The number of aliphatic hydroxyl groups is 1. The van der Waals surface area contributed by atoms with Crippen LogP contribution in [0.3, 0.4) is 0 Å². The third-order valence-electron chi connectivity index (χ3n) is 2.74. The molecule has 1 N–H and O–H groups in total. The highest BCUT2D eigenvalue weighted by Gasteiger charge is 2.30. The van der Waals surface area contributed by atoms with Gasteiger partial charge in [0.1, 0.15) is 17.2 Å². The van der Waals surface area contributed by atoms with Gasteiger partial charge in [-0.25, -0.2) is 8.78 Å². The van der Waals surface area contributed by atoms with Gasteiger partial charge >= 0.3 is 0 Å². The van der Waals surface area contributed by atoms with Crippen molar-refractivity contribution in [3.63, 3.8) is 0 Å². The maximum absolute atomic E-state index is 14.0. The van der Waals surface area contributed by atoms with Gasteiger partial charge in [-0.15, -0.1) is 0 Å². The largest absolute Gasteiger partial charge is 0.381 e. The Kier molecular flexibility index (Phi) is 3.45. The minimum Gasteiger partial charge on any atom is -0.381 e. The number of aromatic nitrogens is 1. The maximum Gasteiger partial charge on any atom is 0.143 e. The highest BCUT2D eigenvalue weighted by molar-refractivity contribution is 9.10. The van der Waals surface area contributed by atoms with Gasteiger partial charge in [0, 0.05) is 17.3 Å². The Labute approximate surface area is 111 Å². The van der Waals surface area contributed by atoms with Crippen LogP contribution in [0.15, 0.2) is 41.1 Å². The fourth-order valence-corrected chi connectivity index (χ4v) is 2.08. The molecule has 0 aliphatic heterocycles. The van der Waals surface area contributed by atoms with E-state index < -0.39 is 17.2 Å². The van der Waals surface area contributed by atoms with Crippen LogP contribution in [0.25, 0.3) is 0 Å². The molecular weight excluding hydrogens is 304 g/mol. The number of pyridine rings is 1. The second-order valence-corrected chi connectivity index (χ2v) is 4.92. The van der Waals surface area contributed by atoms with E-state index in [1.807, 2.05) is 0 Å². The lowest BCUT2D eigenvalue weighted by Crippen LogP contribution is -2.24. The minimum absolute atomic E-state index is 0.0595. The Morgan fingerprint density at radius 1 is 1.28 bits per heavy atom. The van der Waals surface area contributed by atoms with E-state index in [-0.39, 0.29) is 15.6 Å². The van der Waals surface area contributed by atoms with Crippen LogP contribution in [0.1, 0.15) is 18.1 Å². The Balaban J connectivity index is 2.57. The van der Waals surface area contributed by atoms with Crippen LogP contribution >= 0.6 is 15.9 Å². The van der Waals surface area contributed by atoms with E-state index in [4.69, 9.17) is 0 Å². The summed E-state index contributed by atoms with van der Waals surface area (Å²) in [5.74, 6) is -1.16. The zero-order valence-electron chi connectivity index (χ0n) is 9.49. The summed E-state index contributed by atoms with van der Waals surface area (Å²) < 4.78 is 27.3. The Morgan fingerprint density at radius 2 is 2.00 bits per heavy atom. The summed E-state index contributed by atoms with van der Waals surface area (Å²) in [6, 6.07) is 5.71. The zero-order chi connectivity index (χ0) is 13.3. The molecule has 0 bridgehead atoms. The SMILES string of the molecule is CC(O)(c1cncc(F)c1)c1cccc(Br)c1F. The summed E-state index contributed by atoms with van der Waals surface area (Å²) in [6.07, 6.45) is 2.33. The van der Waals surface area contributed by atoms with Crippen molar-refractivity contribution in [2.24, 2.45) is 0 Å². The maximum atomic E-state index is 14.0. The third-order valence-corrected chi connectivity index (χ3v) is 3.36. The molecule has 2 rings (SSSR count). The summed E-state index contributed by atoms with van der Waals surface area (Å²) in [4.78, 5) is 3.66. The summed E-state index contributed by atoms with van der Waals surface area (Å²) in [6.45, 7) is 1.40. The van der Waals surface area contributed by atoms with Crippen molar-refractivity contribution in [3.05, 3.63) is 63.9 Å². The standard InChI is InChI=1S/C13H10BrF2NO/c1-13(18,8-5-9(15)7-17-6-8)10-3-2-4-11(14)12(10)16/h2-7,18H,1H3. The summed E-state index contributed by atoms with van der Waals surface area (Å²) in [7, 11) is 0. The first kappa shape index (κ1) is 13.1. The lowest BCUT2D eigenvalue weighted by molar-refractivity contribution is 0.0970. The molecule has 0 aliphatic rings. The van der Waals surface area contributed by atoms with Crippen LogP contribution in [0.4, 0.5) is 8.78 Å². The number of nitrogens with zero attached hydrogens (tertiary/aromatic N) is 1. The first-order chi connectivity index (χ1) is 8.43. The molecule has 1 aromatic heterocycles. The monoisotopic (exact) mass is 313 g/mol. The molecule has 0 saturated carbocycles. The van der Waals surface area contributed by atoms with Crippen molar-refractivity contribution in [1.82, 2.24) is 4.98 Å². The molecule has 94 valence electrons. The Bertz CT molecular complexity index is 587. The smallest absolute Gasteiger partial charge is 0.143 e. The van der Waals surface area contributed by atoms with Gasteiger partial charge in [-0.3, -0.25) is 4.98 Å². The van der Waals surface area contributed by atoms with Gasteiger partial charge < -0.3 is 5.11 Å². The van der Waals surface area contributed by atoms with E-state index in [2.05, 4.69) is 20.9 Å². The molecule has 0 spiro atoms. The predicted octanol–water partition coefficient (Wildman–Crippen LogP) is 3.38. The van der Waals surface area contributed by atoms with Crippen molar-refractivity contribution in [3.8, 4) is 0 Å².